The minimum atomic E-state index is -0.310. The van der Waals surface area contributed by atoms with E-state index in [1.165, 1.54) is 23.7 Å². The summed E-state index contributed by atoms with van der Waals surface area (Å²) in [6.45, 7) is 0. The van der Waals surface area contributed by atoms with E-state index in [4.69, 9.17) is 0 Å². The van der Waals surface area contributed by atoms with E-state index in [0.717, 1.165) is 8.70 Å². The normalized spacial score (nSPS) is 10.6. The van der Waals surface area contributed by atoms with E-state index >= 15 is 0 Å². The summed E-state index contributed by atoms with van der Waals surface area (Å²) in [5.41, 5.74) is 0.401. The van der Waals surface area contributed by atoms with Crippen molar-refractivity contribution in [2.24, 2.45) is 0 Å². The summed E-state index contributed by atoms with van der Waals surface area (Å²) in [6, 6.07) is 6.48. The van der Waals surface area contributed by atoms with Gasteiger partial charge in [-0.25, -0.2) is 19.0 Å². The van der Waals surface area contributed by atoms with Crippen LogP contribution in [0, 0.1) is 9.52 Å². The third-order valence-corrected chi connectivity index (χ3v) is 4.39. The molecule has 0 radical (unpaired) electrons. The highest BCUT2D eigenvalue weighted by atomic mass is 127. The molecule has 2 aromatic heterocycles. The first-order valence-corrected chi connectivity index (χ1v) is 7.16. The zero-order valence-electron chi connectivity index (χ0n) is 9.42. The van der Waals surface area contributed by atoms with Gasteiger partial charge in [-0.2, -0.15) is 5.10 Å². The van der Waals surface area contributed by atoms with Crippen molar-refractivity contribution in [2.45, 2.75) is 0 Å². The van der Waals surface area contributed by atoms with Crippen LogP contribution in [-0.2, 0) is 0 Å². The Morgan fingerprint density at radius 1 is 1.32 bits per heavy atom. The van der Waals surface area contributed by atoms with E-state index in [1.807, 2.05) is 0 Å². The van der Waals surface area contributed by atoms with Crippen LogP contribution in [0.2, 0.25) is 0 Å². The van der Waals surface area contributed by atoms with Crippen LogP contribution in [0.25, 0.3) is 5.00 Å². The Labute approximate surface area is 125 Å². The van der Waals surface area contributed by atoms with Crippen LogP contribution in [0.1, 0.15) is 0 Å². The van der Waals surface area contributed by atoms with Gasteiger partial charge in [0.05, 0.1) is 5.69 Å². The summed E-state index contributed by atoms with van der Waals surface area (Å²) < 4.78 is 16.0. The van der Waals surface area contributed by atoms with Crippen molar-refractivity contribution in [2.75, 3.05) is 5.32 Å². The van der Waals surface area contributed by atoms with Crippen molar-refractivity contribution < 1.29 is 4.39 Å². The van der Waals surface area contributed by atoms with Gasteiger partial charge in [-0.1, -0.05) is 23.5 Å². The van der Waals surface area contributed by atoms with Crippen molar-refractivity contribution in [1.82, 2.24) is 19.7 Å². The number of hydrogen-bond donors (Lipinski definition) is 1. The summed E-state index contributed by atoms with van der Waals surface area (Å²) in [7, 11) is 0. The molecule has 0 saturated carbocycles. The highest BCUT2D eigenvalue weighted by Gasteiger charge is 2.12. The van der Waals surface area contributed by atoms with E-state index in [0.29, 0.717) is 10.8 Å². The molecule has 0 atom stereocenters. The topological polar surface area (TPSA) is 55.6 Å². The van der Waals surface area contributed by atoms with Crippen molar-refractivity contribution in [3.8, 4) is 5.00 Å². The molecule has 0 bridgehead atoms. The summed E-state index contributed by atoms with van der Waals surface area (Å²) in [6.07, 6.45) is 3.06. The van der Waals surface area contributed by atoms with Crippen LogP contribution >= 0.6 is 33.9 Å². The molecule has 2 heterocycles. The minimum Gasteiger partial charge on any atom is -0.329 e. The number of anilines is 2. The van der Waals surface area contributed by atoms with E-state index in [9.17, 15) is 4.39 Å². The second-order valence-electron chi connectivity index (χ2n) is 3.56. The first kappa shape index (κ1) is 12.5. The third kappa shape index (κ3) is 2.59. The molecule has 0 aliphatic carbocycles. The van der Waals surface area contributed by atoms with Crippen molar-refractivity contribution in [1.29, 1.82) is 0 Å². The molecule has 0 saturated heterocycles. The SMILES string of the molecule is Fc1ccccc1Nc1nc(I)c(-n2cncn2)s1. The van der Waals surface area contributed by atoms with Crippen LogP contribution in [0.15, 0.2) is 36.9 Å². The van der Waals surface area contributed by atoms with Crippen molar-refractivity contribution in [3.05, 3.63) is 46.4 Å². The lowest BCUT2D eigenvalue weighted by atomic mass is 10.3. The van der Waals surface area contributed by atoms with Gasteiger partial charge in [-0.3, -0.25) is 0 Å². The summed E-state index contributed by atoms with van der Waals surface area (Å²) in [5.74, 6) is -0.310. The minimum absolute atomic E-state index is 0.310. The van der Waals surface area contributed by atoms with Crippen molar-refractivity contribution in [3.63, 3.8) is 0 Å². The largest absolute Gasteiger partial charge is 0.329 e. The van der Waals surface area contributed by atoms with E-state index in [2.05, 4.69) is 43.0 Å². The van der Waals surface area contributed by atoms with E-state index < -0.39 is 0 Å². The average molecular weight is 387 g/mol. The van der Waals surface area contributed by atoms with E-state index in [1.54, 1.807) is 29.2 Å². The maximum absolute atomic E-state index is 13.5. The fraction of sp³-hybridized carbons (Fsp3) is 0. The molecule has 19 heavy (non-hydrogen) atoms. The molecule has 3 rings (SSSR count). The van der Waals surface area contributed by atoms with Gasteiger partial charge in [0.15, 0.2) is 10.1 Å². The summed E-state index contributed by atoms with van der Waals surface area (Å²) in [4.78, 5) is 8.24. The Kier molecular flexibility index (Phi) is 3.42. The molecule has 0 spiro atoms. The van der Waals surface area contributed by atoms with Gasteiger partial charge < -0.3 is 5.32 Å². The number of aromatic nitrogens is 4. The van der Waals surface area contributed by atoms with Crippen LogP contribution in [0.5, 0.6) is 0 Å². The summed E-state index contributed by atoms with van der Waals surface area (Å²) in [5, 5.41) is 8.47. The molecule has 1 N–H and O–H groups in total. The van der Waals surface area contributed by atoms with E-state index in [-0.39, 0.29) is 5.82 Å². The number of nitrogens with zero attached hydrogens (tertiary/aromatic N) is 4. The van der Waals surface area contributed by atoms with Crippen LogP contribution in [0.3, 0.4) is 0 Å². The highest BCUT2D eigenvalue weighted by Crippen LogP contribution is 2.30. The van der Waals surface area contributed by atoms with Gasteiger partial charge in [0, 0.05) is 0 Å². The summed E-state index contributed by atoms with van der Waals surface area (Å²) >= 11 is 3.50. The zero-order chi connectivity index (χ0) is 13.2. The van der Waals surface area contributed by atoms with Crippen LogP contribution < -0.4 is 5.32 Å². The van der Waals surface area contributed by atoms with Crippen LogP contribution in [0.4, 0.5) is 15.2 Å². The molecular weight excluding hydrogens is 380 g/mol. The highest BCUT2D eigenvalue weighted by molar-refractivity contribution is 14.1. The molecule has 0 unspecified atom stereocenters. The number of halogens is 2. The van der Waals surface area contributed by atoms with Crippen molar-refractivity contribution >= 4 is 44.7 Å². The average Bonchev–Trinajstić information content (AvgIpc) is 3.01. The zero-order valence-corrected chi connectivity index (χ0v) is 12.4. The number of nitrogens with one attached hydrogen (secondary N) is 1. The smallest absolute Gasteiger partial charge is 0.190 e. The fourth-order valence-corrected chi connectivity index (χ4v) is 3.26. The lowest BCUT2D eigenvalue weighted by Crippen LogP contribution is -1.93. The van der Waals surface area contributed by atoms with Crippen LogP contribution in [-0.4, -0.2) is 19.7 Å². The predicted molar refractivity (Wildman–Crippen MR) is 79.4 cm³/mol. The van der Waals surface area contributed by atoms with Gasteiger partial charge in [-0.15, -0.1) is 0 Å². The number of thiazole rings is 1. The molecule has 1 aromatic carbocycles. The molecule has 96 valence electrons. The Morgan fingerprint density at radius 3 is 2.89 bits per heavy atom. The van der Waals surface area contributed by atoms with Gasteiger partial charge in [-0.05, 0) is 34.7 Å². The van der Waals surface area contributed by atoms with Gasteiger partial charge in [0.1, 0.15) is 22.2 Å². The molecule has 8 heteroatoms. The van der Waals surface area contributed by atoms with Gasteiger partial charge >= 0.3 is 0 Å². The lowest BCUT2D eigenvalue weighted by Gasteiger charge is -2.02. The molecule has 5 nitrogen and oxygen atoms in total. The molecule has 0 fully saturated rings. The number of rotatable bonds is 3. The van der Waals surface area contributed by atoms with Gasteiger partial charge in [0.25, 0.3) is 0 Å². The Hall–Kier alpha value is -1.55. The second kappa shape index (κ2) is 5.21. The molecule has 0 amide bonds. The molecule has 3 aromatic rings. The Balaban J connectivity index is 1.91. The maximum atomic E-state index is 13.5. The lowest BCUT2D eigenvalue weighted by molar-refractivity contribution is 0.632. The number of hydrogen-bond acceptors (Lipinski definition) is 5. The fourth-order valence-electron chi connectivity index (χ4n) is 1.48. The first-order valence-electron chi connectivity index (χ1n) is 5.27. The monoisotopic (exact) mass is 387 g/mol. The standard InChI is InChI=1S/C11H7FIN5S/c12-7-3-1-2-4-8(7)16-11-17-9(13)10(19-11)18-6-14-5-15-18/h1-6H,(H,16,17). The Morgan fingerprint density at radius 2 is 2.16 bits per heavy atom. The maximum Gasteiger partial charge on any atom is 0.190 e. The molecular formula is C11H7FIN5S. The number of para-hydroxylation sites is 1. The second-order valence-corrected chi connectivity index (χ2v) is 5.56. The first-order chi connectivity index (χ1) is 9.24. The third-order valence-electron chi connectivity index (χ3n) is 2.31. The molecule has 0 aliphatic heterocycles. The quantitative estimate of drug-likeness (QED) is 0.702. The Bertz CT molecular complexity index is 697. The number of benzene rings is 1. The predicted octanol–water partition coefficient (Wildman–Crippen LogP) is 3.21. The molecule has 0 aliphatic rings. The van der Waals surface area contributed by atoms with Gasteiger partial charge in [0.2, 0.25) is 0 Å².